The first-order chi connectivity index (χ1) is 9.24. The summed E-state index contributed by atoms with van der Waals surface area (Å²) in [6.45, 7) is 0. The minimum absolute atomic E-state index is 0.341. The lowest BCUT2D eigenvalue weighted by molar-refractivity contribution is 0.137. The largest absolute Gasteiger partial charge is 0.497 e. The lowest BCUT2D eigenvalue weighted by Gasteiger charge is -2.39. The molecule has 0 saturated carbocycles. The van der Waals surface area contributed by atoms with Gasteiger partial charge in [0.15, 0.2) is 0 Å². The monoisotopic (exact) mass is 358 g/mol. The first kappa shape index (κ1) is 16.2. The van der Waals surface area contributed by atoms with Crippen LogP contribution in [0.15, 0.2) is 24.3 Å². The van der Waals surface area contributed by atoms with E-state index in [9.17, 15) is 8.42 Å². The van der Waals surface area contributed by atoms with Gasteiger partial charge < -0.3 is 4.74 Å². The molecule has 2 rings (SSSR count). The lowest BCUT2D eigenvalue weighted by atomic mass is 10.1. The number of hydrogen-bond acceptors (Lipinski definition) is 4. The van der Waals surface area contributed by atoms with Gasteiger partial charge >= 0.3 is 0 Å². The molecule has 0 radical (unpaired) electrons. The van der Waals surface area contributed by atoms with Crippen LogP contribution >= 0.6 is 34.8 Å². The predicted molar refractivity (Wildman–Crippen MR) is 79.2 cm³/mol. The zero-order chi connectivity index (χ0) is 15.0. The van der Waals surface area contributed by atoms with Gasteiger partial charge in [-0.1, -0.05) is 46.9 Å². The Bertz CT molecular complexity index is 565. The maximum atomic E-state index is 11.6. The van der Waals surface area contributed by atoms with Gasteiger partial charge in [0.1, 0.15) is 17.1 Å². The van der Waals surface area contributed by atoms with Crippen molar-refractivity contribution < 1.29 is 17.3 Å². The summed E-state index contributed by atoms with van der Waals surface area (Å²) in [5.74, 6) is 0.743. The number of rotatable bonds is 4. The fourth-order valence-corrected chi connectivity index (χ4v) is 4.52. The van der Waals surface area contributed by atoms with E-state index in [2.05, 4.69) is 4.18 Å². The molecule has 1 aromatic rings. The summed E-state index contributed by atoms with van der Waals surface area (Å²) in [4.78, 5) is 0. The molecule has 4 nitrogen and oxygen atoms in total. The van der Waals surface area contributed by atoms with Gasteiger partial charge in [0, 0.05) is 0 Å². The maximum absolute atomic E-state index is 11.6. The van der Waals surface area contributed by atoms with Crippen molar-refractivity contribution in [3.63, 3.8) is 0 Å². The standard InChI is InChI=1S/C12H13Cl3O4S/c1-18-9-5-2-8(3-6-9)4-7-10-11(12(13,14)15)19-20(10,16)17/h2-3,5-6,10-11H,4,7H2,1H3/t10-,11-/m1/s1. The summed E-state index contributed by atoms with van der Waals surface area (Å²) >= 11 is 17.1. The fraction of sp³-hybridized carbons (Fsp3) is 0.500. The van der Waals surface area contributed by atoms with Gasteiger partial charge in [0.2, 0.25) is 3.79 Å². The molecule has 0 amide bonds. The van der Waals surface area contributed by atoms with Crippen LogP contribution in [-0.2, 0) is 20.7 Å². The normalized spacial score (nSPS) is 25.0. The zero-order valence-corrected chi connectivity index (χ0v) is 13.6. The van der Waals surface area contributed by atoms with Gasteiger partial charge in [-0.15, -0.1) is 0 Å². The third-order valence-corrected chi connectivity index (χ3v) is 5.49. The van der Waals surface area contributed by atoms with Gasteiger partial charge in [-0.3, -0.25) is 4.18 Å². The van der Waals surface area contributed by atoms with Crippen LogP contribution < -0.4 is 4.74 Å². The molecule has 0 unspecified atom stereocenters. The number of ether oxygens (including phenoxy) is 1. The molecule has 1 aliphatic heterocycles. The highest BCUT2D eigenvalue weighted by Gasteiger charge is 2.56. The lowest BCUT2D eigenvalue weighted by Crippen LogP contribution is -2.56. The average molecular weight is 360 g/mol. The molecular weight excluding hydrogens is 347 g/mol. The minimum atomic E-state index is -3.62. The van der Waals surface area contributed by atoms with Crippen molar-refractivity contribution in [1.29, 1.82) is 0 Å². The topological polar surface area (TPSA) is 52.6 Å². The number of alkyl halides is 3. The predicted octanol–water partition coefficient (Wildman–Crippen LogP) is 3.10. The fourth-order valence-electron chi connectivity index (χ4n) is 2.04. The van der Waals surface area contributed by atoms with E-state index in [0.717, 1.165) is 11.3 Å². The third-order valence-electron chi connectivity index (χ3n) is 3.15. The summed E-state index contributed by atoms with van der Waals surface area (Å²) < 4.78 is 31.2. The highest BCUT2D eigenvalue weighted by atomic mass is 35.6. The van der Waals surface area contributed by atoms with Crippen molar-refractivity contribution in [3.05, 3.63) is 29.8 Å². The van der Waals surface area contributed by atoms with Gasteiger partial charge in [-0.2, -0.15) is 8.42 Å². The SMILES string of the molecule is COc1ccc(CC[C@@H]2[C@H](C(Cl)(Cl)Cl)OS2(=O)=O)cc1. The Balaban J connectivity index is 2.01. The molecule has 112 valence electrons. The van der Waals surface area contributed by atoms with Crippen LogP contribution in [-0.4, -0.2) is 30.7 Å². The molecule has 2 atom stereocenters. The summed E-state index contributed by atoms with van der Waals surface area (Å²) in [6.07, 6.45) is -0.0300. The third kappa shape index (κ3) is 3.52. The second-order valence-corrected chi connectivity index (χ2v) is 8.63. The van der Waals surface area contributed by atoms with E-state index in [0.29, 0.717) is 12.8 Å². The number of aryl methyl sites for hydroxylation is 1. The summed E-state index contributed by atoms with van der Waals surface area (Å²) in [5.41, 5.74) is 0.982. The van der Waals surface area contributed by atoms with Gasteiger partial charge in [0.05, 0.1) is 7.11 Å². The van der Waals surface area contributed by atoms with Crippen LogP contribution in [0, 0.1) is 0 Å². The smallest absolute Gasteiger partial charge is 0.273 e. The van der Waals surface area contributed by atoms with Crippen molar-refractivity contribution in [2.24, 2.45) is 0 Å². The molecule has 0 aromatic heterocycles. The molecule has 1 aliphatic rings. The average Bonchev–Trinajstić information content (AvgIpc) is 2.36. The number of benzene rings is 1. The van der Waals surface area contributed by atoms with E-state index in [1.807, 2.05) is 24.3 Å². The number of halogens is 3. The van der Waals surface area contributed by atoms with Crippen molar-refractivity contribution in [2.45, 2.75) is 28.0 Å². The van der Waals surface area contributed by atoms with Crippen LogP contribution in [0.4, 0.5) is 0 Å². The molecule has 1 saturated heterocycles. The highest BCUT2D eigenvalue weighted by molar-refractivity contribution is 7.88. The van der Waals surface area contributed by atoms with E-state index >= 15 is 0 Å². The van der Waals surface area contributed by atoms with Crippen LogP contribution in [0.2, 0.25) is 0 Å². The molecule has 1 aromatic carbocycles. The van der Waals surface area contributed by atoms with E-state index in [1.165, 1.54) is 0 Å². The van der Waals surface area contributed by atoms with Gasteiger partial charge in [0.25, 0.3) is 10.1 Å². The van der Waals surface area contributed by atoms with E-state index in [-0.39, 0.29) is 0 Å². The van der Waals surface area contributed by atoms with Crippen molar-refractivity contribution in [3.8, 4) is 5.75 Å². The Morgan fingerprint density at radius 2 is 1.85 bits per heavy atom. The summed E-state index contributed by atoms with van der Waals surface area (Å²) in [5, 5.41) is -0.794. The van der Waals surface area contributed by atoms with Crippen molar-refractivity contribution >= 4 is 44.9 Å². The molecular formula is C12H13Cl3O4S. The van der Waals surface area contributed by atoms with Crippen LogP contribution in [0.25, 0.3) is 0 Å². The number of methoxy groups -OCH3 is 1. The Kier molecular flexibility index (Phi) is 4.76. The first-order valence-corrected chi connectivity index (χ1v) is 8.46. The van der Waals surface area contributed by atoms with Crippen LogP contribution in [0.3, 0.4) is 0 Å². The molecule has 8 heteroatoms. The second-order valence-electron chi connectivity index (χ2n) is 4.48. The zero-order valence-electron chi connectivity index (χ0n) is 10.6. The Morgan fingerprint density at radius 3 is 2.30 bits per heavy atom. The number of hydrogen-bond donors (Lipinski definition) is 0. The second kappa shape index (κ2) is 5.89. The first-order valence-electron chi connectivity index (χ1n) is 5.86. The molecule has 0 N–H and O–H groups in total. The van der Waals surface area contributed by atoms with E-state index < -0.39 is 25.3 Å². The maximum Gasteiger partial charge on any atom is 0.273 e. The van der Waals surface area contributed by atoms with Crippen molar-refractivity contribution in [2.75, 3.05) is 7.11 Å². The molecule has 20 heavy (non-hydrogen) atoms. The molecule has 0 bridgehead atoms. The summed E-state index contributed by atoms with van der Waals surface area (Å²) in [7, 11) is -2.03. The van der Waals surface area contributed by atoms with E-state index in [1.54, 1.807) is 7.11 Å². The Labute approximate surface area is 133 Å². The molecule has 1 fully saturated rings. The highest BCUT2D eigenvalue weighted by Crippen LogP contribution is 2.44. The van der Waals surface area contributed by atoms with Crippen LogP contribution in [0.5, 0.6) is 5.75 Å². The minimum Gasteiger partial charge on any atom is -0.497 e. The Hall–Kier alpha value is -0.200. The Morgan fingerprint density at radius 1 is 1.25 bits per heavy atom. The summed E-state index contributed by atoms with van der Waals surface area (Å²) in [6, 6.07) is 7.37. The molecule has 1 heterocycles. The van der Waals surface area contributed by atoms with E-state index in [4.69, 9.17) is 39.5 Å². The van der Waals surface area contributed by atoms with Crippen LogP contribution in [0.1, 0.15) is 12.0 Å². The molecule has 0 spiro atoms. The van der Waals surface area contributed by atoms with Crippen molar-refractivity contribution in [1.82, 2.24) is 0 Å². The quantitative estimate of drug-likeness (QED) is 0.612. The molecule has 0 aliphatic carbocycles. The van der Waals surface area contributed by atoms with Gasteiger partial charge in [-0.25, -0.2) is 0 Å². The van der Waals surface area contributed by atoms with Gasteiger partial charge in [-0.05, 0) is 30.5 Å².